The number of carbonyl (C=O) groups excluding carboxylic acids is 1. The molecular formula is C20H19F2N5O2. The first-order valence-electron chi connectivity index (χ1n) is 9.07. The zero-order chi connectivity index (χ0) is 20.4. The van der Waals surface area contributed by atoms with E-state index in [0.29, 0.717) is 24.4 Å². The SMILES string of the molecule is CO[C@@H]1C[C@@H](c2ncn[nH]2)N(C(=O)Nc2c(F)cc(F)cc2-c2ccccc2)C1. The first-order chi connectivity index (χ1) is 14.1. The van der Waals surface area contributed by atoms with Crippen LogP contribution in [0.5, 0.6) is 0 Å². The molecule has 150 valence electrons. The maximum Gasteiger partial charge on any atom is 0.322 e. The minimum absolute atomic E-state index is 0.0835. The summed E-state index contributed by atoms with van der Waals surface area (Å²) in [6, 6.07) is 9.77. The lowest BCUT2D eigenvalue weighted by atomic mass is 10.0. The summed E-state index contributed by atoms with van der Waals surface area (Å²) < 4.78 is 33.9. The van der Waals surface area contributed by atoms with E-state index < -0.39 is 23.7 Å². The van der Waals surface area contributed by atoms with Gasteiger partial charge in [-0.3, -0.25) is 5.10 Å². The minimum atomic E-state index is -0.851. The van der Waals surface area contributed by atoms with Crippen molar-refractivity contribution in [2.24, 2.45) is 0 Å². The third-order valence-corrected chi connectivity index (χ3v) is 4.98. The van der Waals surface area contributed by atoms with Gasteiger partial charge in [-0.1, -0.05) is 30.3 Å². The van der Waals surface area contributed by atoms with Gasteiger partial charge in [0.2, 0.25) is 0 Å². The van der Waals surface area contributed by atoms with E-state index in [2.05, 4.69) is 20.5 Å². The number of carbonyl (C=O) groups is 1. The Balaban J connectivity index is 1.66. The van der Waals surface area contributed by atoms with Crippen molar-refractivity contribution < 1.29 is 18.3 Å². The van der Waals surface area contributed by atoms with Crippen LogP contribution < -0.4 is 5.32 Å². The monoisotopic (exact) mass is 399 g/mol. The number of anilines is 1. The molecular weight excluding hydrogens is 380 g/mol. The minimum Gasteiger partial charge on any atom is -0.380 e. The molecule has 0 radical (unpaired) electrons. The molecule has 1 aliphatic heterocycles. The molecule has 0 bridgehead atoms. The number of amides is 2. The van der Waals surface area contributed by atoms with Gasteiger partial charge < -0.3 is 15.0 Å². The number of hydrogen-bond acceptors (Lipinski definition) is 4. The van der Waals surface area contributed by atoms with Crippen LogP contribution in [0.25, 0.3) is 11.1 Å². The maximum atomic E-state index is 14.6. The number of benzene rings is 2. The Morgan fingerprint density at radius 1 is 1.28 bits per heavy atom. The molecule has 1 fully saturated rings. The lowest BCUT2D eigenvalue weighted by Gasteiger charge is -2.24. The van der Waals surface area contributed by atoms with Crippen molar-refractivity contribution in [1.82, 2.24) is 20.1 Å². The first kappa shape index (κ1) is 19.0. The Kier molecular flexibility index (Phi) is 5.22. The molecule has 2 heterocycles. The van der Waals surface area contributed by atoms with Gasteiger partial charge in [-0.05, 0) is 11.6 Å². The Morgan fingerprint density at radius 3 is 2.76 bits per heavy atom. The van der Waals surface area contributed by atoms with E-state index in [-0.39, 0.29) is 17.4 Å². The van der Waals surface area contributed by atoms with E-state index in [4.69, 9.17) is 4.74 Å². The summed E-state index contributed by atoms with van der Waals surface area (Å²) >= 11 is 0. The standard InChI is InChI=1S/C20H19F2N5O2/c1-29-14-9-17(19-23-11-24-26-19)27(10-14)20(28)25-18-15(7-13(21)8-16(18)22)12-5-3-2-4-6-12/h2-8,11,14,17H,9-10H2,1H3,(H,25,28)(H,23,24,26)/t14-,17+/m1/s1. The van der Waals surface area contributed by atoms with Crippen LogP contribution in [-0.4, -0.2) is 45.9 Å². The fourth-order valence-corrected chi connectivity index (χ4v) is 3.55. The van der Waals surface area contributed by atoms with Crippen molar-refractivity contribution in [2.45, 2.75) is 18.6 Å². The summed E-state index contributed by atoms with van der Waals surface area (Å²) in [4.78, 5) is 18.7. The van der Waals surface area contributed by atoms with Gasteiger partial charge in [0.05, 0.1) is 17.8 Å². The molecule has 4 rings (SSSR count). The highest BCUT2D eigenvalue weighted by atomic mass is 19.1. The molecule has 29 heavy (non-hydrogen) atoms. The molecule has 3 aromatic rings. The van der Waals surface area contributed by atoms with Crippen LogP contribution in [0.3, 0.4) is 0 Å². The number of ether oxygens (including phenoxy) is 1. The second-order valence-corrected chi connectivity index (χ2v) is 6.74. The van der Waals surface area contributed by atoms with E-state index in [1.54, 1.807) is 37.4 Å². The number of nitrogens with zero attached hydrogens (tertiary/aromatic N) is 3. The third kappa shape index (κ3) is 3.81. The zero-order valence-electron chi connectivity index (χ0n) is 15.6. The van der Waals surface area contributed by atoms with Crippen LogP contribution in [0.1, 0.15) is 18.3 Å². The summed E-state index contributed by atoms with van der Waals surface area (Å²) in [6.07, 6.45) is 1.69. The second kappa shape index (κ2) is 7.96. The van der Waals surface area contributed by atoms with E-state index in [9.17, 15) is 13.6 Å². The number of urea groups is 1. The first-order valence-corrected chi connectivity index (χ1v) is 9.07. The van der Waals surface area contributed by atoms with Crippen LogP contribution in [0, 0.1) is 11.6 Å². The molecule has 2 atom stereocenters. The highest BCUT2D eigenvalue weighted by molar-refractivity contribution is 5.95. The number of likely N-dealkylation sites (tertiary alicyclic amines) is 1. The van der Waals surface area contributed by atoms with Gasteiger partial charge in [0.1, 0.15) is 23.8 Å². The summed E-state index contributed by atoms with van der Waals surface area (Å²) in [5, 5.41) is 9.21. The molecule has 0 unspecified atom stereocenters. The molecule has 2 N–H and O–H groups in total. The summed E-state index contributed by atoms with van der Waals surface area (Å²) in [5.74, 6) is -1.06. The predicted molar refractivity (Wildman–Crippen MR) is 102 cm³/mol. The number of methoxy groups -OCH3 is 1. The van der Waals surface area contributed by atoms with Crippen molar-refractivity contribution in [2.75, 3.05) is 19.0 Å². The van der Waals surface area contributed by atoms with Crippen LogP contribution in [-0.2, 0) is 4.74 Å². The molecule has 2 aromatic carbocycles. The summed E-state index contributed by atoms with van der Waals surface area (Å²) in [5.41, 5.74) is 0.763. The highest BCUT2D eigenvalue weighted by Crippen LogP contribution is 2.35. The summed E-state index contributed by atoms with van der Waals surface area (Å²) in [6.45, 7) is 0.303. The molecule has 1 saturated heterocycles. The number of halogens is 2. The molecule has 1 aliphatic rings. The van der Waals surface area contributed by atoms with Gasteiger partial charge in [-0.25, -0.2) is 18.6 Å². The van der Waals surface area contributed by atoms with Gasteiger partial charge in [0.15, 0.2) is 0 Å². The van der Waals surface area contributed by atoms with E-state index in [0.717, 1.165) is 6.07 Å². The highest BCUT2D eigenvalue weighted by Gasteiger charge is 2.38. The normalized spacial score (nSPS) is 18.8. The zero-order valence-corrected chi connectivity index (χ0v) is 15.6. The fraction of sp³-hybridized carbons (Fsp3) is 0.250. The Morgan fingerprint density at radius 2 is 2.07 bits per heavy atom. The lowest BCUT2D eigenvalue weighted by Crippen LogP contribution is -2.36. The van der Waals surface area contributed by atoms with Gasteiger partial charge in [0.25, 0.3) is 0 Å². The topological polar surface area (TPSA) is 83.1 Å². The number of nitrogens with one attached hydrogen (secondary N) is 2. The lowest BCUT2D eigenvalue weighted by molar-refractivity contribution is 0.111. The van der Waals surface area contributed by atoms with Gasteiger partial charge in [-0.15, -0.1) is 0 Å². The summed E-state index contributed by atoms with van der Waals surface area (Å²) in [7, 11) is 1.57. The number of H-pyrrole nitrogens is 1. The van der Waals surface area contributed by atoms with Crippen molar-refractivity contribution >= 4 is 11.7 Å². The smallest absolute Gasteiger partial charge is 0.322 e. The van der Waals surface area contributed by atoms with Gasteiger partial charge >= 0.3 is 6.03 Å². The van der Waals surface area contributed by atoms with Crippen LogP contribution >= 0.6 is 0 Å². The van der Waals surface area contributed by atoms with Crippen molar-refractivity contribution in [3.8, 4) is 11.1 Å². The molecule has 0 saturated carbocycles. The Bertz CT molecular complexity index is 998. The quantitative estimate of drug-likeness (QED) is 0.700. The number of rotatable bonds is 4. The maximum absolute atomic E-state index is 14.6. The fourth-order valence-electron chi connectivity index (χ4n) is 3.55. The molecule has 2 amide bonds. The number of hydrogen-bond donors (Lipinski definition) is 2. The van der Waals surface area contributed by atoms with Crippen LogP contribution in [0.4, 0.5) is 19.3 Å². The van der Waals surface area contributed by atoms with Gasteiger partial charge in [-0.2, -0.15) is 5.10 Å². The molecule has 9 heteroatoms. The third-order valence-electron chi connectivity index (χ3n) is 4.98. The van der Waals surface area contributed by atoms with E-state index in [1.165, 1.54) is 17.3 Å². The second-order valence-electron chi connectivity index (χ2n) is 6.74. The molecule has 0 aliphatic carbocycles. The van der Waals surface area contributed by atoms with E-state index >= 15 is 0 Å². The molecule has 1 aromatic heterocycles. The number of aromatic amines is 1. The van der Waals surface area contributed by atoms with Crippen LogP contribution in [0.15, 0.2) is 48.8 Å². The van der Waals surface area contributed by atoms with Crippen molar-refractivity contribution in [3.63, 3.8) is 0 Å². The average molecular weight is 399 g/mol. The van der Waals surface area contributed by atoms with Gasteiger partial charge in [0, 0.05) is 31.7 Å². The van der Waals surface area contributed by atoms with E-state index in [1.807, 2.05) is 0 Å². The average Bonchev–Trinajstić information content (AvgIpc) is 3.39. The van der Waals surface area contributed by atoms with Crippen molar-refractivity contribution in [3.05, 3.63) is 66.3 Å². The predicted octanol–water partition coefficient (Wildman–Crippen LogP) is 3.74. The Labute approximate surface area is 165 Å². The van der Waals surface area contributed by atoms with Crippen LogP contribution in [0.2, 0.25) is 0 Å². The molecule has 0 spiro atoms. The van der Waals surface area contributed by atoms with Crippen molar-refractivity contribution in [1.29, 1.82) is 0 Å². The number of aromatic nitrogens is 3. The Hall–Kier alpha value is -3.33. The largest absolute Gasteiger partial charge is 0.380 e. The molecule has 7 nitrogen and oxygen atoms in total.